The second-order valence-electron chi connectivity index (χ2n) is 9.38. The van der Waals surface area contributed by atoms with Crippen molar-refractivity contribution in [1.82, 2.24) is 10.2 Å². The average Bonchev–Trinajstić information content (AvgIpc) is 3.31. The van der Waals surface area contributed by atoms with Crippen LogP contribution in [0.5, 0.6) is 0 Å². The lowest BCUT2D eigenvalue weighted by molar-refractivity contribution is -0.125. The molecule has 3 aromatic carbocycles. The Labute approximate surface area is 235 Å². The molecule has 204 valence electrons. The third-order valence-electron chi connectivity index (χ3n) is 6.57. The van der Waals surface area contributed by atoms with Crippen LogP contribution in [-0.2, 0) is 27.3 Å². The molecule has 2 heterocycles. The molecule has 0 saturated carbocycles. The second kappa shape index (κ2) is 12.3. The van der Waals surface area contributed by atoms with Gasteiger partial charge in [-0.1, -0.05) is 55.1 Å². The van der Waals surface area contributed by atoms with Crippen molar-refractivity contribution in [2.75, 3.05) is 11.1 Å². The molecule has 2 N–H and O–H groups in total. The van der Waals surface area contributed by atoms with Crippen molar-refractivity contribution >= 4 is 51.9 Å². The summed E-state index contributed by atoms with van der Waals surface area (Å²) in [6.45, 7) is 2.34. The first kappa shape index (κ1) is 27.3. The normalized spacial score (nSPS) is 15.6. The highest BCUT2D eigenvalue weighted by molar-refractivity contribution is 8.14. The first-order chi connectivity index (χ1) is 19.4. The van der Waals surface area contributed by atoms with Gasteiger partial charge in [0.1, 0.15) is 17.7 Å². The number of aryl methyl sites for hydroxylation is 1. The summed E-state index contributed by atoms with van der Waals surface area (Å²) in [6, 6.07) is 20.2. The van der Waals surface area contributed by atoms with E-state index in [0.29, 0.717) is 22.4 Å². The van der Waals surface area contributed by atoms with E-state index in [1.54, 1.807) is 12.1 Å². The number of hydrogen-bond donors (Lipinski definition) is 2. The van der Waals surface area contributed by atoms with Crippen LogP contribution in [0.15, 0.2) is 82.8 Å². The summed E-state index contributed by atoms with van der Waals surface area (Å²) in [5.41, 5.74) is 4.06. The van der Waals surface area contributed by atoms with Gasteiger partial charge in [0.25, 0.3) is 5.91 Å². The highest BCUT2D eigenvalue weighted by Gasteiger charge is 2.41. The van der Waals surface area contributed by atoms with Gasteiger partial charge in [0.15, 0.2) is 5.17 Å². The van der Waals surface area contributed by atoms with E-state index in [0.717, 1.165) is 17.5 Å². The zero-order chi connectivity index (χ0) is 28.1. The number of benzene rings is 3. The van der Waals surface area contributed by atoms with E-state index < -0.39 is 6.04 Å². The van der Waals surface area contributed by atoms with Gasteiger partial charge in [-0.25, -0.2) is 14.3 Å². The standard InChI is InChI=1S/C30H28FN5O3S/c1-2-19-9-13-22(14-10-19)33-27(38)18-40-30-35-24-6-4-3-5-23(24)28-34-25(29(39)36(28)30)15-16-26(37)32-17-20-7-11-21(31)12-8-20/h3-14,25H,2,15-18H2,1H3,(H,32,37)(H,33,38)/t25-/m0/s1. The Balaban J connectivity index is 1.22. The summed E-state index contributed by atoms with van der Waals surface area (Å²) in [7, 11) is 0. The number of amidine groups is 2. The highest BCUT2D eigenvalue weighted by atomic mass is 32.2. The van der Waals surface area contributed by atoms with Gasteiger partial charge in [-0.3, -0.25) is 19.4 Å². The van der Waals surface area contributed by atoms with E-state index in [1.165, 1.54) is 34.4 Å². The first-order valence-corrected chi connectivity index (χ1v) is 14.0. The lowest BCUT2D eigenvalue weighted by Gasteiger charge is -2.25. The molecule has 5 rings (SSSR count). The maximum atomic E-state index is 13.4. The number of anilines is 1. The number of halogens is 1. The van der Waals surface area contributed by atoms with Crippen molar-refractivity contribution in [3.05, 3.63) is 95.3 Å². The van der Waals surface area contributed by atoms with E-state index in [4.69, 9.17) is 0 Å². The number of aliphatic imine (C=N–C) groups is 2. The average molecular weight is 558 g/mol. The minimum Gasteiger partial charge on any atom is -0.352 e. The molecule has 0 aliphatic carbocycles. The van der Waals surface area contributed by atoms with Crippen LogP contribution < -0.4 is 10.6 Å². The van der Waals surface area contributed by atoms with E-state index in [2.05, 4.69) is 27.5 Å². The molecule has 3 amide bonds. The van der Waals surface area contributed by atoms with Crippen LogP contribution in [0.1, 0.15) is 36.5 Å². The van der Waals surface area contributed by atoms with Crippen molar-refractivity contribution in [1.29, 1.82) is 0 Å². The van der Waals surface area contributed by atoms with Crippen LogP contribution in [0.4, 0.5) is 15.8 Å². The SMILES string of the molecule is CCc1ccc(NC(=O)CSC2=Nc3ccccc3C3=N[C@@H](CCC(=O)NCc4ccc(F)cc4)C(=O)N23)cc1. The molecule has 1 atom stereocenters. The van der Waals surface area contributed by atoms with Crippen LogP contribution in [0.25, 0.3) is 0 Å². The molecule has 0 bridgehead atoms. The number of nitrogens with zero attached hydrogens (tertiary/aromatic N) is 3. The maximum Gasteiger partial charge on any atom is 0.259 e. The quantitative estimate of drug-likeness (QED) is 0.394. The van der Waals surface area contributed by atoms with E-state index in [1.807, 2.05) is 48.5 Å². The van der Waals surface area contributed by atoms with Gasteiger partial charge >= 0.3 is 0 Å². The number of para-hydroxylation sites is 1. The summed E-state index contributed by atoms with van der Waals surface area (Å²) in [4.78, 5) is 49.3. The van der Waals surface area contributed by atoms with Crippen molar-refractivity contribution in [2.24, 2.45) is 9.98 Å². The third-order valence-corrected chi connectivity index (χ3v) is 7.51. The Bertz CT molecular complexity index is 1490. The summed E-state index contributed by atoms with van der Waals surface area (Å²) in [5.74, 6) is -0.521. The number of hydrogen-bond acceptors (Lipinski definition) is 6. The number of carbonyl (C=O) groups is 3. The van der Waals surface area contributed by atoms with Gasteiger partial charge in [0.05, 0.1) is 11.4 Å². The number of amides is 3. The van der Waals surface area contributed by atoms with Crippen LogP contribution in [0.2, 0.25) is 0 Å². The largest absolute Gasteiger partial charge is 0.352 e. The summed E-state index contributed by atoms with van der Waals surface area (Å²) < 4.78 is 13.1. The van der Waals surface area contributed by atoms with Gasteiger partial charge in [-0.05, 0) is 60.4 Å². The van der Waals surface area contributed by atoms with Crippen LogP contribution in [0.3, 0.4) is 0 Å². The predicted octanol–water partition coefficient (Wildman–Crippen LogP) is 4.82. The minimum atomic E-state index is -0.741. The third kappa shape index (κ3) is 6.28. The molecule has 3 aromatic rings. The molecule has 0 fully saturated rings. The van der Waals surface area contributed by atoms with Crippen LogP contribution >= 0.6 is 11.8 Å². The van der Waals surface area contributed by atoms with E-state index >= 15 is 0 Å². The van der Waals surface area contributed by atoms with Gasteiger partial charge in [0, 0.05) is 24.2 Å². The number of nitrogens with one attached hydrogen (secondary N) is 2. The Morgan fingerprint density at radius 1 is 0.975 bits per heavy atom. The first-order valence-electron chi connectivity index (χ1n) is 13.0. The molecule has 0 radical (unpaired) electrons. The molecule has 2 aliphatic heterocycles. The molecule has 40 heavy (non-hydrogen) atoms. The fourth-order valence-electron chi connectivity index (χ4n) is 4.40. The van der Waals surface area contributed by atoms with Crippen molar-refractivity contribution in [3.8, 4) is 0 Å². The molecular weight excluding hydrogens is 529 g/mol. The molecule has 10 heteroatoms. The molecule has 0 unspecified atom stereocenters. The smallest absolute Gasteiger partial charge is 0.259 e. The number of thioether (sulfide) groups is 1. The fourth-order valence-corrected chi connectivity index (χ4v) is 5.20. The molecule has 0 saturated heterocycles. The van der Waals surface area contributed by atoms with Crippen LogP contribution in [0, 0.1) is 5.82 Å². The zero-order valence-electron chi connectivity index (χ0n) is 21.9. The van der Waals surface area contributed by atoms with Gasteiger partial charge in [0.2, 0.25) is 11.8 Å². The summed E-state index contributed by atoms with van der Waals surface area (Å²) in [6.07, 6.45) is 1.24. The number of carbonyl (C=O) groups excluding carboxylic acids is 3. The molecule has 2 aliphatic rings. The van der Waals surface area contributed by atoms with Crippen molar-refractivity contribution < 1.29 is 18.8 Å². The Morgan fingerprint density at radius 2 is 1.70 bits per heavy atom. The second-order valence-corrected chi connectivity index (χ2v) is 10.3. The van der Waals surface area contributed by atoms with Crippen molar-refractivity contribution in [3.63, 3.8) is 0 Å². The molecule has 0 spiro atoms. The summed E-state index contributed by atoms with van der Waals surface area (Å²) >= 11 is 1.17. The lowest BCUT2D eigenvalue weighted by Crippen LogP contribution is -2.41. The Hall–Kier alpha value is -4.31. The predicted molar refractivity (Wildman–Crippen MR) is 155 cm³/mol. The van der Waals surface area contributed by atoms with Gasteiger partial charge in [-0.2, -0.15) is 0 Å². The van der Waals surface area contributed by atoms with Crippen molar-refractivity contribution in [2.45, 2.75) is 38.8 Å². The topological polar surface area (TPSA) is 103 Å². The minimum absolute atomic E-state index is 0.0596. The molecule has 8 nitrogen and oxygen atoms in total. The Kier molecular flexibility index (Phi) is 8.35. The summed E-state index contributed by atoms with van der Waals surface area (Å²) in [5, 5.41) is 6.05. The number of fused-ring (bicyclic) bond motifs is 3. The maximum absolute atomic E-state index is 13.4. The fraction of sp³-hybridized carbons (Fsp3) is 0.233. The molecular formula is C30H28FN5O3S. The Morgan fingerprint density at radius 3 is 2.45 bits per heavy atom. The molecule has 0 aromatic heterocycles. The van der Waals surface area contributed by atoms with E-state index in [-0.39, 0.29) is 48.7 Å². The van der Waals surface area contributed by atoms with E-state index in [9.17, 15) is 18.8 Å². The number of rotatable bonds is 9. The monoisotopic (exact) mass is 557 g/mol. The van der Waals surface area contributed by atoms with Gasteiger partial charge in [-0.15, -0.1) is 0 Å². The zero-order valence-corrected chi connectivity index (χ0v) is 22.7. The highest BCUT2D eigenvalue weighted by Crippen LogP contribution is 2.34. The van der Waals surface area contributed by atoms with Crippen LogP contribution in [-0.4, -0.2) is 45.4 Å². The van der Waals surface area contributed by atoms with Gasteiger partial charge < -0.3 is 10.6 Å². The lowest BCUT2D eigenvalue weighted by atomic mass is 10.1.